The zero-order valence-corrected chi connectivity index (χ0v) is 23.0. The molecule has 44 heavy (non-hydrogen) atoms. The van der Waals surface area contributed by atoms with Gasteiger partial charge in [0, 0.05) is 57.6 Å². The lowest BCUT2D eigenvalue weighted by atomic mass is 10.2. The van der Waals surface area contributed by atoms with Crippen LogP contribution in [0.2, 0.25) is 0 Å². The minimum absolute atomic E-state index is 0.498. The van der Waals surface area contributed by atoms with Crippen molar-refractivity contribution in [2.45, 2.75) is 0 Å². The zero-order chi connectivity index (χ0) is 28.8. The van der Waals surface area contributed by atoms with Gasteiger partial charge in [0.2, 0.25) is 5.89 Å². The largest absolute Gasteiger partial charge is 0.436 e. The van der Waals surface area contributed by atoms with Crippen LogP contribution in [0, 0.1) is 0 Å². The summed E-state index contributed by atoms with van der Waals surface area (Å²) >= 11 is 0. The summed E-state index contributed by atoms with van der Waals surface area (Å²) in [7, 11) is 0. The first-order valence-corrected chi connectivity index (χ1v) is 14.3. The van der Waals surface area contributed by atoms with Crippen LogP contribution in [0.5, 0.6) is 0 Å². The number of aromatic nitrogens is 6. The molecule has 4 aromatic carbocycles. The quantitative estimate of drug-likeness (QED) is 0.212. The second-order valence-corrected chi connectivity index (χ2v) is 10.8. The van der Waals surface area contributed by atoms with Gasteiger partial charge in [-0.1, -0.05) is 36.4 Å². The summed E-state index contributed by atoms with van der Waals surface area (Å²) in [5.41, 5.74) is 8.93. The van der Waals surface area contributed by atoms with Crippen LogP contribution in [0.25, 0.3) is 89.0 Å². The van der Waals surface area contributed by atoms with Gasteiger partial charge >= 0.3 is 6.01 Å². The molecule has 6 heterocycles. The number of nitrogens with zero attached hydrogens (tertiary/aromatic N) is 6. The fraction of sp³-hybridized carbons (Fsp3) is 0. The maximum absolute atomic E-state index is 6.28. The number of pyridine rings is 2. The van der Waals surface area contributed by atoms with Crippen molar-refractivity contribution in [1.29, 1.82) is 0 Å². The molecule has 8 nitrogen and oxygen atoms in total. The van der Waals surface area contributed by atoms with Crippen LogP contribution in [-0.2, 0) is 0 Å². The molecule has 0 bridgehead atoms. The van der Waals surface area contributed by atoms with E-state index in [4.69, 9.17) is 18.8 Å². The third-order valence-electron chi connectivity index (χ3n) is 8.39. The molecule has 0 saturated heterocycles. The molecule has 0 N–H and O–H groups in total. The van der Waals surface area contributed by atoms with Gasteiger partial charge in [0.1, 0.15) is 11.0 Å². The predicted octanol–water partition coefficient (Wildman–Crippen LogP) is 8.62. The Kier molecular flexibility index (Phi) is 4.57. The predicted molar refractivity (Wildman–Crippen MR) is 171 cm³/mol. The van der Waals surface area contributed by atoms with E-state index < -0.39 is 0 Å². The summed E-state index contributed by atoms with van der Waals surface area (Å²) in [5.74, 6) is 0.526. The molecule has 6 aromatic heterocycles. The van der Waals surface area contributed by atoms with E-state index in [2.05, 4.69) is 63.1 Å². The highest BCUT2D eigenvalue weighted by molar-refractivity contribution is 6.09. The molecule has 0 fully saturated rings. The van der Waals surface area contributed by atoms with E-state index in [9.17, 15) is 0 Å². The minimum atomic E-state index is 0.498. The van der Waals surface area contributed by atoms with Crippen molar-refractivity contribution in [3.63, 3.8) is 0 Å². The van der Waals surface area contributed by atoms with Gasteiger partial charge in [0.25, 0.3) is 0 Å². The average Bonchev–Trinajstić information content (AvgIpc) is 3.84. The minimum Gasteiger partial charge on any atom is -0.436 e. The summed E-state index contributed by atoms with van der Waals surface area (Å²) < 4.78 is 16.8. The summed E-state index contributed by atoms with van der Waals surface area (Å²) in [6.45, 7) is 0. The highest BCUT2D eigenvalue weighted by Crippen LogP contribution is 2.35. The second-order valence-electron chi connectivity index (χ2n) is 10.8. The average molecular weight is 569 g/mol. The summed E-state index contributed by atoms with van der Waals surface area (Å²) in [6.07, 6.45) is 7.42. The third kappa shape index (κ3) is 3.22. The highest BCUT2D eigenvalue weighted by Gasteiger charge is 2.18. The monoisotopic (exact) mass is 568 g/mol. The number of hydrogen-bond donors (Lipinski definition) is 0. The molecule has 0 saturated carbocycles. The second kappa shape index (κ2) is 8.62. The molecular weight excluding hydrogens is 548 g/mol. The first kappa shape index (κ1) is 23.3. The van der Waals surface area contributed by atoms with Crippen LogP contribution in [-0.4, -0.2) is 29.1 Å². The molecule has 0 aliphatic heterocycles. The van der Waals surface area contributed by atoms with Crippen LogP contribution in [0.1, 0.15) is 0 Å². The van der Waals surface area contributed by atoms with Crippen LogP contribution in [0.4, 0.5) is 0 Å². The molecule has 0 atom stereocenters. The molecule has 0 unspecified atom stereocenters. The zero-order valence-electron chi connectivity index (χ0n) is 23.0. The van der Waals surface area contributed by atoms with Crippen molar-refractivity contribution in [1.82, 2.24) is 29.1 Å². The first-order valence-electron chi connectivity index (χ1n) is 14.3. The van der Waals surface area contributed by atoms with Crippen molar-refractivity contribution < 1.29 is 8.83 Å². The standard InChI is InChI=1S/C36H20N6O2/c1-3-7-29-23(5-1)25-19-37-15-13-31(25)41(29)22-10-12-33-28(18-22)39-35(43-33)21-9-11-34-27(17-21)40-36(44-34)42-30-8-4-2-6-24(30)26-20-38-16-14-32(26)42/h1-20H. The molecule has 0 aliphatic carbocycles. The Labute approximate surface area is 248 Å². The Morgan fingerprint density at radius 3 is 1.89 bits per heavy atom. The van der Waals surface area contributed by atoms with Gasteiger partial charge in [0.15, 0.2) is 11.2 Å². The normalized spacial score (nSPS) is 12.1. The van der Waals surface area contributed by atoms with Crippen molar-refractivity contribution >= 4 is 65.8 Å². The number of benzene rings is 4. The molecule has 10 rings (SSSR count). The van der Waals surface area contributed by atoms with E-state index in [1.165, 1.54) is 0 Å². The van der Waals surface area contributed by atoms with Gasteiger partial charge in [-0.15, -0.1) is 0 Å². The van der Waals surface area contributed by atoms with Crippen molar-refractivity contribution in [2.24, 2.45) is 0 Å². The van der Waals surface area contributed by atoms with Gasteiger partial charge in [-0.3, -0.25) is 14.5 Å². The molecule has 0 radical (unpaired) electrons. The highest BCUT2D eigenvalue weighted by atomic mass is 16.4. The van der Waals surface area contributed by atoms with Gasteiger partial charge in [-0.25, -0.2) is 4.98 Å². The molecule has 0 aliphatic rings. The summed E-state index contributed by atoms with van der Waals surface area (Å²) in [6, 6.07) is 33.1. The van der Waals surface area contributed by atoms with E-state index in [-0.39, 0.29) is 0 Å². The van der Waals surface area contributed by atoms with E-state index in [1.807, 2.05) is 71.7 Å². The summed E-state index contributed by atoms with van der Waals surface area (Å²) in [5, 5.41) is 4.42. The summed E-state index contributed by atoms with van der Waals surface area (Å²) in [4.78, 5) is 18.5. The maximum atomic E-state index is 6.28. The molecule has 206 valence electrons. The van der Waals surface area contributed by atoms with Gasteiger partial charge in [-0.05, 0) is 60.7 Å². The Morgan fingerprint density at radius 2 is 1.11 bits per heavy atom. The van der Waals surface area contributed by atoms with Crippen molar-refractivity contribution in [3.05, 3.63) is 122 Å². The van der Waals surface area contributed by atoms with E-state index in [0.717, 1.165) is 65.9 Å². The van der Waals surface area contributed by atoms with Crippen molar-refractivity contribution in [2.75, 3.05) is 0 Å². The number of rotatable bonds is 3. The first-order chi connectivity index (χ1) is 21.8. The lowest BCUT2D eigenvalue weighted by molar-refractivity contribution is 0.574. The van der Waals surface area contributed by atoms with Crippen molar-refractivity contribution in [3.8, 4) is 23.2 Å². The van der Waals surface area contributed by atoms with Gasteiger partial charge < -0.3 is 13.4 Å². The van der Waals surface area contributed by atoms with Crippen LogP contribution < -0.4 is 0 Å². The number of para-hydroxylation sites is 2. The fourth-order valence-electron chi connectivity index (χ4n) is 6.44. The number of fused-ring (bicyclic) bond motifs is 8. The number of oxazole rings is 2. The van der Waals surface area contributed by atoms with Gasteiger partial charge in [0.05, 0.1) is 22.1 Å². The van der Waals surface area contributed by atoms with Gasteiger partial charge in [-0.2, -0.15) is 4.98 Å². The van der Waals surface area contributed by atoms with Crippen LogP contribution >= 0.6 is 0 Å². The molecule has 0 amide bonds. The molecular formula is C36H20N6O2. The topological polar surface area (TPSA) is 87.7 Å². The van der Waals surface area contributed by atoms with E-state index in [1.54, 1.807) is 6.20 Å². The lowest BCUT2D eigenvalue weighted by Crippen LogP contribution is -1.93. The fourth-order valence-corrected chi connectivity index (χ4v) is 6.44. The Hall–Kier alpha value is -6.28. The Morgan fingerprint density at radius 1 is 0.500 bits per heavy atom. The third-order valence-corrected chi connectivity index (χ3v) is 8.39. The smallest absolute Gasteiger partial charge is 0.307 e. The molecule has 10 aromatic rings. The molecule has 8 heteroatoms. The van der Waals surface area contributed by atoms with Crippen LogP contribution in [0.15, 0.2) is 131 Å². The maximum Gasteiger partial charge on any atom is 0.307 e. The Balaban J connectivity index is 1.09. The van der Waals surface area contributed by atoms with E-state index >= 15 is 0 Å². The number of hydrogen-bond acceptors (Lipinski definition) is 6. The Bertz CT molecular complexity index is 2530. The van der Waals surface area contributed by atoms with Crippen LogP contribution in [0.3, 0.4) is 0 Å². The van der Waals surface area contributed by atoms with E-state index in [0.29, 0.717) is 23.1 Å². The SMILES string of the molecule is c1ccc2c(c1)c1cnccc1n2-c1ccc2oc(-c3ccc4oc(-n5c6ccccc6c6cnccc65)nc4c3)nc2c1. The lowest BCUT2D eigenvalue weighted by Gasteiger charge is -2.07. The molecule has 0 spiro atoms.